The second kappa shape index (κ2) is 6.85. The maximum atomic E-state index is 12.1. The Hall–Kier alpha value is -1.15. The van der Waals surface area contributed by atoms with Crippen LogP contribution < -0.4 is 5.32 Å². The fourth-order valence-corrected chi connectivity index (χ4v) is 3.23. The number of amides is 1. The highest BCUT2D eigenvalue weighted by atomic mass is 35.5. The van der Waals surface area contributed by atoms with Gasteiger partial charge in [0.25, 0.3) is 0 Å². The summed E-state index contributed by atoms with van der Waals surface area (Å²) in [5.41, 5.74) is 1.27. The van der Waals surface area contributed by atoms with E-state index in [4.69, 9.17) is 16.7 Å². The van der Waals surface area contributed by atoms with Crippen LogP contribution in [0.1, 0.15) is 12.0 Å². The van der Waals surface area contributed by atoms with Crippen LogP contribution in [0.5, 0.6) is 0 Å². The number of thioether (sulfide) groups is 1. The normalized spacial score (nSPS) is 17.7. The van der Waals surface area contributed by atoms with Gasteiger partial charge in [-0.05, 0) is 30.4 Å². The highest BCUT2D eigenvalue weighted by Gasteiger charge is 2.23. The molecule has 1 saturated heterocycles. The number of carbonyl (C=O) groups is 1. The lowest BCUT2D eigenvalue weighted by atomic mass is 10.1. The van der Waals surface area contributed by atoms with Crippen molar-refractivity contribution in [3.63, 3.8) is 0 Å². The Labute approximate surface area is 121 Å². The van der Waals surface area contributed by atoms with Crippen molar-refractivity contribution < 1.29 is 9.90 Å². The molecule has 0 radical (unpaired) electrons. The SMILES string of the molecule is O=C(Nc1cc(Cl)ccc1C#CCO)C1CCSC1. The summed E-state index contributed by atoms with van der Waals surface area (Å²) in [6.07, 6.45) is 0.911. The fourth-order valence-electron chi connectivity index (χ4n) is 1.84. The van der Waals surface area contributed by atoms with E-state index in [1.54, 1.807) is 30.0 Å². The molecule has 1 heterocycles. The van der Waals surface area contributed by atoms with E-state index in [0.29, 0.717) is 16.3 Å². The fraction of sp³-hybridized carbons (Fsp3) is 0.357. The highest BCUT2D eigenvalue weighted by molar-refractivity contribution is 7.99. The Bertz CT molecular complexity index is 530. The lowest BCUT2D eigenvalue weighted by molar-refractivity contribution is -0.119. The molecule has 0 spiro atoms. The first-order chi connectivity index (χ1) is 9.20. The molecule has 100 valence electrons. The zero-order valence-corrected chi connectivity index (χ0v) is 11.9. The molecule has 3 nitrogen and oxygen atoms in total. The molecule has 0 aromatic heterocycles. The number of rotatable bonds is 2. The van der Waals surface area contributed by atoms with Crippen molar-refractivity contribution in [3.8, 4) is 11.8 Å². The summed E-state index contributed by atoms with van der Waals surface area (Å²) in [6, 6.07) is 5.14. The topological polar surface area (TPSA) is 49.3 Å². The van der Waals surface area contributed by atoms with Gasteiger partial charge in [0.05, 0.1) is 5.69 Å². The van der Waals surface area contributed by atoms with Crippen molar-refractivity contribution >= 4 is 35.0 Å². The van der Waals surface area contributed by atoms with Gasteiger partial charge < -0.3 is 10.4 Å². The standard InChI is InChI=1S/C14H14ClNO2S/c15-12-4-3-10(2-1-6-17)13(8-12)16-14(18)11-5-7-19-9-11/h3-4,8,11,17H,5-7,9H2,(H,16,18). The second-order valence-corrected chi connectivity index (χ2v) is 5.79. The Morgan fingerprint density at radius 1 is 1.58 bits per heavy atom. The first-order valence-corrected chi connectivity index (χ1v) is 7.52. The number of aliphatic hydroxyl groups excluding tert-OH is 1. The van der Waals surface area contributed by atoms with Gasteiger partial charge in [0.2, 0.25) is 5.91 Å². The van der Waals surface area contributed by atoms with Crippen LogP contribution in [0.3, 0.4) is 0 Å². The zero-order valence-electron chi connectivity index (χ0n) is 10.3. The van der Waals surface area contributed by atoms with E-state index in [2.05, 4.69) is 17.2 Å². The maximum absolute atomic E-state index is 12.1. The van der Waals surface area contributed by atoms with E-state index in [1.807, 2.05) is 0 Å². The molecule has 1 amide bonds. The van der Waals surface area contributed by atoms with Gasteiger partial charge in [0, 0.05) is 22.3 Å². The van der Waals surface area contributed by atoms with Gasteiger partial charge in [-0.1, -0.05) is 23.4 Å². The molecule has 1 aliphatic rings. The van der Waals surface area contributed by atoms with E-state index >= 15 is 0 Å². The van der Waals surface area contributed by atoms with Crippen molar-refractivity contribution in [3.05, 3.63) is 28.8 Å². The second-order valence-electron chi connectivity index (χ2n) is 4.20. The Kier molecular flexibility index (Phi) is 5.15. The van der Waals surface area contributed by atoms with E-state index in [9.17, 15) is 4.79 Å². The summed E-state index contributed by atoms with van der Waals surface area (Å²) in [5.74, 6) is 7.35. The molecule has 0 saturated carbocycles. The van der Waals surface area contributed by atoms with Gasteiger partial charge in [0.15, 0.2) is 0 Å². The third kappa shape index (κ3) is 3.90. The summed E-state index contributed by atoms with van der Waals surface area (Å²) < 4.78 is 0. The van der Waals surface area contributed by atoms with E-state index in [1.165, 1.54) is 0 Å². The number of hydrogen-bond donors (Lipinski definition) is 2. The third-order valence-corrected chi connectivity index (χ3v) is 4.24. The van der Waals surface area contributed by atoms with Crippen LogP contribution in [0.4, 0.5) is 5.69 Å². The van der Waals surface area contributed by atoms with Gasteiger partial charge >= 0.3 is 0 Å². The van der Waals surface area contributed by atoms with Crippen molar-refractivity contribution in [1.29, 1.82) is 0 Å². The number of anilines is 1. The van der Waals surface area contributed by atoms with Crippen molar-refractivity contribution in [2.75, 3.05) is 23.4 Å². The molecule has 0 aliphatic carbocycles. The van der Waals surface area contributed by atoms with Crippen LogP contribution in [-0.2, 0) is 4.79 Å². The molecule has 2 rings (SSSR count). The van der Waals surface area contributed by atoms with Crippen molar-refractivity contribution in [2.45, 2.75) is 6.42 Å². The number of nitrogens with one attached hydrogen (secondary N) is 1. The van der Waals surface area contributed by atoms with Crippen LogP contribution in [-0.4, -0.2) is 29.1 Å². The van der Waals surface area contributed by atoms with Crippen LogP contribution >= 0.6 is 23.4 Å². The molecular formula is C14H14ClNO2S. The lowest BCUT2D eigenvalue weighted by Gasteiger charge is -2.11. The van der Waals surface area contributed by atoms with E-state index < -0.39 is 0 Å². The molecule has 5 heteroatoms. The quantitative estimate of drug-likeness (QED) is 0.824. The first kappa shape index (κ1) is 14.3. The lowest BCUT2D eigenvalue weighted by Crippen LogP contribution is -2.22. The number of carbonyl (C=O) groups excluding carboxylic acids is 1. The highest BCUT2D eigenvalue weighted by Crippen LogP contribution is 2.26. The van der Waals surface area contributed by atoms with E-state index in [-0.39, 0.29) is 18.4 Å². The van der Waals surface area contributed by atoms with Crippen molar-refractivity contribution in [2.24, 2.45) is 5.92 Å². The van der Waals surface area contributed by atoms with Crippen LogP contribution in [0, 0.1) is 17.8 Å². The molecule has 1 fully saturated rings. The average Bonchev–Trinajstić information content (AvgIpc) is 2.92. The number of benzene rings is 1. The molecule has 1 aromatic carbocycles. The number of hydrogen-bond acceptors (Lipinski definition) is 3. The van der Waals surface area contributed by atoms with Crippen LogP contribution in [0.15, 0.2) is 18.2 Å². The molecule has 1 atom stereocenters. The van der Waals surface area contributed by atoms with Gasteiger partial charge in [-0.2, -0.15) is 11.8 Å². The Morgan fingerprint density at radius 3 is 3.11 bits per heavy atom. The first-order valence-electron chi connectivity index (χ1n) is 5.98. The Morgan fingerprint density at radius 2 is 2.42 bits per heavy atom. The van der Waals surface area contributed by atoms with Gasteiger partial charge in [-0.25, -0.2) is 0 Å². The summed E-state index contributed by atoms with van der Waals surface area (Å²) in [6.45, 7) is -0.213. The molecule has 1 unspecified atom stereocenters. The molecular weight excluding hydrogens is 282 g/mol. The molecule has 2 N–H and O–H groups in total. The van der Waals surface area contributed by atoms with Crippen LogP contribution in [0.2, 0.25) is 5.02 Å². The number of halogens is 1. The van der Waals surface area contributed by atoms with Crippen LogP contribution in [0.25, 0.3) is 0 Å². The smallest absolute Gasteiger partial charge is 0.228 e. The van der Waals surface area contributed by atoms with Gasteiger partial charge in [-0.3, -0.25) is 4.79 Å². The summed E-state index contributed by atoms with van der Waals surface area (Å²) in [7, 11) is 0. The minimum atomic E-state index is -0.213. The molecule has 1 aliphatic heterocycles. The molecule has 0 bridgehead atoms. The number of aliphatic hydroxyl groups is 1. The monoisotopic (exact) mass is 295 g/mol. The predicted octanol–water partition coefficient (Wildman–Crippen LogP) is 2.38. The minimum absolute atomic E-state index is 0.0133. The molecule has 19 heavy (non-hydrogen) atoms. The zero-order chi connectivity index (χ0) is 13.7. The Balaban J connectivity index is 2.17. The molecule has 1 aromatic rings. The van der Waals surface area contributed by atoms with Gasteiger partial charge in [0.1, 0.15) is 6.61 Å². The third-order valence-electron chi connectivity index (χ3n) is 2.84. The summed E-state index contributed by atoms with van der Waals surface area (Å²) in [4.78, 5) is 12.1. The largest absolute Gasteiger partial charge is 0.384 e. The van der Waals surface area contributed by atoms with E-state index in [0.717, 1.165) is 17.9 Å². The van der Waals surface area contributed by atoms with Crippen molar-refractivity contribution in [1.82, 2.24) is 0 Å². The minimum Gasteiger partial charge on any atom is -0.384 e. The summed E-state index contributed by atoms with van der Waals surface area (Å²) in [5, 5.41) is 12.2. The van der Waals surface area contributed by atoms with Gasteiger partial charge in [-0.15, -0.1) is 0 Å². The maximum Gasteiger partial charge on any atom is 0.228 e. The predicted molar refractivity (Wildman–Crippen MR) is 79.5 cm³/mol. The summed E-state index contributed by atoms with van der Waals surface area (Å²) >= 11 is 7.74. The average molecular weight is 296 g/mol.